The Kier molecular flexibility index (Phi) is 7.78. The third kappa shape index (κ3) is 5.86. The van der Waals surface area contributed by atoms with Crippen LogP contribution >= 0.6 is 35.4 Å². The summed E-state index contributed by atoms with van der Waals surface area (Å²) in [7, 11) is 4.14. The molecule has 1 atom stereocenters. The molecule has 0 bridgehead atoms. The summed E-state index contributed by atoms with van der Waals surface area (Å²) in [6.45, 7) is 2.49. The van der Waals surface area contributed by atoms with Crippen molar-refractivity contribution in [2.45, 2.75) is 12.3 Å². The molecule has 2 aromatic carbocycles. The number of H-pyrrole nitrogens is 1. The minimum absolute atomic E-state index is 0.0254. The molecule has 0 aliphatic rings. The molecule has 0 radical (unpaired) electrons. The summed E-state index contributed by atoms with van der Waals surface area (Å²) in [5, 5.41) is 9.76. The zero-order chi connectivity index (χ0) is 20.8. The summed E-state index contributed by atoms with van der Waals surface area (Å²) in [6, 6.07) is 13.9. The maximum Gasteiger partial charge on any atom is 0.166 e. The maximum atomic E-state index is 6.56. The highest BCUT2D eigenvalue weighted by Crippen LogP contribution is 2.35. The number of fused-ring (bicyclic) bond motifs is 1. The quantitative estimate of drug-likeness (QED) is 0.334. The second-order valence-corrected chi connectivity index (χ2v) is 8.55. The first-order chi connectivity index (χ1) is 14.0. The predicted octanol–water partition coefficient (Wildman–Crippen LogP) is 5.02. The molecule has 0 amide bonds. The van der Waals surface area contributed by atoms with E-state index in [4.69, 9.17) is 35.4 Å². The normalized spacial score (nSPS) is 12.3. The number of thiocarbonyl (C=S) groups is 1. The SMILES string of the molecule is CN(C)CCCNC(=S)NC[C@@H](c1ccc(Cl)cc1Cl)c1c[nH]c2ccccc12. The largest absolute Gasteiger partial charge is 0.363 e. The van der Waals surface area contributed by atoms with Crippen molar-refractivity contribution in [3.63, 3.8) is 0 Å². The van der Waals surface area contributed by atoms with Crippen LogP contribution in [0.3, 0.4) is 0 Å². The first-order valence-electron chi connectivity index (χ1n) is 9.63. The van der Waals surface area contributed by atoms with Crippen LogP contribution in [0.5, 0.6) is 0 Å². The number of nitrogens with one attached hydrogen (secondary N) is 3. The third-order valence-corrected chi connectivity index (χ3v) is 5.72. The van der Waals surface area contributed by atoms with Crippen molar-refractivity contribution in [1.82, 2.24) is 20.5 Å². The highest BCUT2D eigenvalue weighted by atomic mass is 35.5. The van der Waals surface area contributed by atoms with Crippen molar-refractivity contribution >= 4 is 51.4 Å². The van der Waals surface area contributed by atoms with Gasteiger partial charge in [-0.05, 0) is 68.6 Å². The van der Waals surface area contributed by atoms with Crippen LogP contribution < -0.4 is 10.6 Å². The maximum absolute atomic E-state index is 6.56. The number of para-hydroxylation sites is 1. The Labute approximate surface area is 187 Å². The first kappa shape index (κ1) is 21.9. The number of hydrogen-bond acceptors (Lipinski definition) is 2. The molecule has 3 N–H and O–H groups in total. The van der Waals surface area contributed by atoms with Gasteiger partial charge in [0.15, 0.2) is 5.11 Å². The van der Waals surface area contributed by atoms with Crippen molar-refractivity contribution in [1.29, 1.82) is 0 Å². The van der Waals surface area contributed by atoms with Crippen molar-refractivity contribution in [2.24, 2.45) is 0 Å². The van der Waals surface area contributed by atoms with Gasteiger partial charge < -0.3 is 20.5 Å². The van der Waals surface area contributed by atoms with E-state index in [0.29, 0.717) is 21.7 Å². The van der Waals surface area contributed by atoms with E-state index < -0.39 is 0 Å². The second kappa shape index (κ2) is 10.3. The predicted molar refractivity (Wildman–Crippen MR) is 128 cm³/mol. The molecule has 0 spiro atoms. The third-order valence-electron chi connectivity index (χ3n) is 4.87. The number of aromatic amines is 1. The van der Waals surface area contributed by atoms with Crippen LogP contribution in [0.2, 0.25) is 10.0 Å². The van der Waals surface area contributed by atoms with E-state index in [1.54, 1.807) is 6.07 Å². The lowest BCUT2D eigenvalue weighted by molar-refractivity contribution is 0.400. The van der Waals surface area contributed by atoms with Gasteiger partial charge in [0, 0.05) is 46.2 Å². The minimum Gasteiger partial charge on any atom is -0.363 e. The molecule has 154 valence electrons. The molecule has 0 saturated heterocycles. The molecule has 0 aliphatic carbocycles. The van der Waals surface area contributed by atoms with Crippen LogP contribution in [0, 0.1) is 0 Å². The standard InChI is InChI=1S/C22H26Cl2N4S/c1-28(2)11-5-10-25-22(29)27-14-18(16-9-8-15(23)12-20(16)24)19-13-26-21-7-4-3-6-17(19)21/h3-4,6-9,12-13,18,26H,5,10-11,14H2,1-2H3,(H2,25,27,29)/t18-/m0/s1. The molecule has 3 rings (SSSR count). The van der Waals surface area contributed by atoms with Gasteiger partial charge in [0.2, 0.25) is 0 Å². The van der Waals surface area contributed by atoms with Crippen molar-refractivity contribution in [3.8, 4) is 0 Å². The Morgan fingerprint density at radius 3 is 2.66 bits per heavy atom. The van der Waals surface area contributed by atoms with Crippen molar-refractivity contribution in [2.75, 3.05) is 33.7 Å². The smallest absolute Gasteiger partial charge is 0.166 e. The number of halogens is 2. The fraction of sp³-hybridized carbons (Fsp3) is 0.318. The lowest BCUT2D eigenvalue weighted by Gasteiger charge is -2.21. The van der Waals surface area contributed by atoms with Gasteiger partial charge >= 0.3 is 0 Å². The van der Waals surface area contributed by atoms with E-state index in [0.717, 1.165) is 30.6 Å². The Balaban J connectivity index is 1.78. The minimum atomic E-state index is 0.0254. The van der Waals surface area contributed by atoms with Gasteiger partial charge in [-0.2, -0.15) is 0 Å². The summed E-state index contributed by atoms with van der Waals surface area (Å²) in [4.78, 5) is 5.52. The lowest BCUT2D eigenvalue weighted by Crippen LogP contribution is -2.38. The van der Waals surface area contributed by atoms with Gasteiger partial charge in [0.25, 0.3) is 0 Å². The van der Waals surface area contributed by atoms with Crippen molar-refractivity contribution < 1.29 is 0 Å². The molecule has 29 heavy (non-hydrogen) atoms. The van der Waals surface area contributed by atoms with Gasteiger partial charge in [0.05, 0.1) is 0 Å². The van der Waals surface area contributed by atoms with Crippen LogP contribution in [0.4, 0.5) is 0 Å². The highest BCUT2D eigenvalue weighted by Gasteiger charge is 2.21. The Hall–Kier alpha value is -1.79. The molecular formula is C22H26Cl2N4S. The molecule has 7 heteroatoms. The molecule has 0 aliphatic heterocycles. The van der Waals surface area contributed by atoms with E-state index in [9.17, 15) is 0 Å². The molecule has 3 aromatic rings. The molecule has 0 unspecified atom stereocenters. The Morgan fingerprint density at radius 1 is 1.10 bits per heavy atom. The van der Waals surface area contributed by atoms with Gasteiger partial charge in [-0.3, -0.25) is 0 Å². The van der Waals surface area contributed by atoms with E-state index >= 15 is 0 Å². The average molecular weight is 449 g/mol. The molecule has 4 nitrogen and oxygen atoms in total. The molecule has 0 fully saturated rings. The van der Waals surface area contributed by atoms with Crippen LogP contribution in [-0.4, -0.2) is 48.7 Å². The second-order valence-electron chi connectivity index (χ2n) is 7.30. The molecule has 0 saturated carbocycles. The fourth-order valence-corrected chi connectivity index (χ4v) is 4.13. The van der Waals surface area contributed by atoms with E-state index in [1.807, 2.05) is 24.3 Å². The molecule has 1 aromatic heterocycles. The van der Waals surface area contributed by atoms with Crippen LogP contribution in [0.25, 0.3) is 10.9 Å². The fourth-order valence-electron chi connectivity index (χ4n) is 3.41. The van der Waals surface area contributed by atoms with E-state index in [2.05, 4.69) is 52.9 Å². The number of rotatable bonds is 8. The topological polar surface area (TPSA) is 43.1 Å². The monoisotopic (exact) mass is 448 g/mol. The van der Waals surface area contributed by atoms with Crippen LogP contribution in [0.1, 0.15) is 23.5 Å². The van der Waals surface area contributed by atoms with Crippen molar-refractivity contribution in [3.05, 3.63) is 69.8 Å². The average Bonchev–Trinajstić information content (AvgIpc) is 3.11. The van der Waals surface area contributed by atoms with Gasteiger partial charge in [-0.15, -0.1) is 0 Å². The van der Waals surface area contributed by atoms with E-state index in [-0.39, 0.29) is 5.92 Å². The Bertz CT molecular complexity index is 970. The Morgan fingerprint density at radius 2 is 1.90 bits per heavy atom. The number of aromatic nitrogens is 1. The van der Waals surface area contributed by atoms with Crippen LogP contribution in [0.15, 0.2) is 48.7 Å². The van der Waals surface area contributed by atoms with E-state index in [1.165, 1.54) is 10.9 Å². The summed E-state index contributed by atoms with van der Waals surface area (Å²) in [5.74, 6) is 0.0254. The number of nitrogens with zero attached hydrogens (tertiary/aromatic N) is 1. The zero-order valence-corrected chi connectivity index (χ0v) is 19.0. The lowest BCUT2D eigenvalue weighted by atomic mass is 9.91. The van der Waals surface area contributed by atoms with Gasteiger partial charge in [-0.1, -0.05) is 47.5 Å². The zero-order valence-electron chi connectivity index (χ0n) is 16.6. The van der Waals surface area contributed by atoms with Gasteiger partial charge in [0.1, 0.15) is 0 Å². The molecule has 1 heterocycles. The van der Waals surface area contributed by atoms with Gasteiger partial charge in [-0.25, -0.2) is 0 Å². The molecular weight excluding hydrogens is 423 g/mol. The summed E-state index contributed by atoms with van der Waals surface area (Å²) in [6.07, 6.45) is 3.08. The summed E-state index contributed by atoms with van der Waals surface area (Å²) < 4.78 is 0. The van der Waals surface area contributed by atoms with Crippen LogP contribution in [-0.2, 0) is 0 Å². The summed E-state index contributed by atoms with van der Waals surface area (Å²) in [5.41, 5.74) is 3.29. The number of hydrogen-bond donors (Lipinski definition) is 3. The number of benzene rings is 2. The summed E-state index contributed by atoms with van der Waals surface area (Å²) >= 11 is 18.2. The highest BCUT2D eigenvalue weighted by molar-refractivity contribution is 7.80. The first-order valence-corrected chi connectivity index (χ1v) is 10.8.